The normalized spacial score (nSPS) is 11.7. The summed E-state index contributed by atoms with van der Waals surface area (Å²) in [6.45, 7) is 2.76. The molecule has 84 valence electrons. The molecule has 1 aromatic heterocycles. The number of esters is 1. The van der Waals surface area contributed by atoms with Gasteiger partial charge in [-0.25, -0.2) is 4.79 Å². The van der Waals surface area contributed by atoms with E-state index in [1.807, 2.05) is 0 Å². The van der Waals surface area contributed by atoms with Crippen LogP contribution < -0.4 is 4.74 Å². The van der Waals surface area contributed by atoms with Gasteiger partial charge in [-0.2, -0.15) is 5.10 Å². The molecule has 0 atom stereocenters. The summed E-state index contributed by atoms with van der Waals surface area (Å²) in [5.41, 5.74) is -0.631. The Morgan fingerprint density at radius 2 is 2.25 bits per heavy atom. The van der Waals surface area contributed by atoms with E-state index in [1.54, 1.807) is 24.4 Å². The number of hydrogen-bond acceptors (Lipinski definition) is 4. The van der Waals surface area contributed by atoms with Crippen molar-refractivity contribution in [3.8, 4) is 5.75 Å². The van der Waals surface area contributed by atoms with Gasteiger partial charge < -0.3 is 9.84 Å². The fourth-order valence-electron chi connectivity index (χ4n) is 1.22. The van der Waals surface area contributed by atoms with Gasteiger partial charge in [-0.3, -0.25) is 5.10 Å². The number of aromatic amines is 1. The standard InChI is InChI=1S/C11H12N2O3/c1-11(2,15)10(14)16-8-3-4-9-7(5-8)6-12-13-9/h3-6,15H,1-2H3,(H,12,13). The minimum absolute atomic E-state index is 0.390. The Morgan fingerprint density at radius 1 is 1.50 bits per heavy atom. The van der Waals surface area contributed by atoms with E-state index in [2.05, 4.69) is 10.2 Å². The number of aliphatic hydroxyl groups is 1. The third-order valence-electron chi connectivity index (χ3n) is 2.12. The van der Waals surface area contributed by atoms with Crippen LogP contribution in [0.5, 0.6) is 5.75 Å². The second-order valence-corrected chi connectivity index (χ2v) is 4.07. The topological polar surface area (TPSA) is 75.2 Å². The molecule has 5 nitrogen and oxygen atoms in total. The predicted molar refractivity (Wildman–Crippen MR) is 58.0 cm³/mol. The molecule has 0 radical (unpaired) electrons. The van der Waals surface area contributed by atoms with E-state index in [0.717, 1.165) is 10.9 Å². The molecule has 1 heterocycles. The molecule has 2 aromatic rings. The van der Waals surface area contributed by atoms with Crippen LogP contribution in [0.1, 0.15) is 13.8 Å². The molecule has 0 unspecified atom stereocenters. The first-order chi connectivity index (χ1) is 7.47. The number of H-pyrrole nitrogens is 1. The highest BCUT2D eigenvalue weighted by Gasteiger charge is 2.26. The summed E-state index contributed by atoms with van der Waals surface area (Å²) in [5.74, 6) is -0.295. The molecule has 0 aliphatic carbocycles. The average Bonchev–Trinajstić information content (AvgIpc) is 2.63. The minimum Gasteiger partial charge on any atom is -0.424 e. The monoisotopic (exact) mass is 220 g/mol. The predicted octanol–water partition coefficient (Wildman–Crippen LogP) is 1.24. The fourth-order valence-corrected chi connectivity index (χ4v) is 1.22. The minimum atomic E-state index is -1.49. The molecule has 0 bridgehead atoms. The van der Waals surface area contributed by atoms with Crippen LogP contribution in [-0.2, 0) is 4.79 Å². The molecule has 5 heteroatoms. The molecular formula is C11H12N2O3. The number of ether oxygens (including phenoxy) is 1. The summed E-state index contributed by atoms with van der Waals surface area (Å²) in [7, 11) is 0. The Morgan fingerprint density at radius 3 is 2.94 bits per heavy atom. The van der Waals surface area contributed by atoms with E-state index in [9.17, 15) is 9.90 Å². The average molecular weight is 220 g/mol. The summed E-state index contributed by atoms with van der Waals surface area (Å²) >= 11 is 0. The molecule has 0 aliphatic heterocycles. The maximum absolute atomic E-state index is 11.4. The molecule has 0 amide bonds. The Labute approximate surface area is 92.0 Å². The zero-order valence-corrected chi connectivity index (χ0v) is 9.02. The molecule has 0 spiro atoms. The largest absolute Gasteiger partial charge is 0.424 e. The number of hydrogen-bond donors (Lipinski definition) is 2. The SMILES string of the molecule is CC(C)(O)C(=O)Oc1ccc2[nH]ncc2c1. The van der Waals surface area contributed by atoms with Gasteiger partial charge in [0.25, 0.3) is 0 Å². The number of aromatic nitrogens is 2. The van der Waals surface area contributed by atoms with Gasteiger partial charge in [0.05, 0.1) is 11.7 Å². The van der Waals surface area contributed by atoms with Crippen molar-refractivity contribution in [2.75, 3.05) is 0 Å². The summed E-state index contributed by atoms with van der Waals surface area (Å²) in [6, 6.07) is 5.09. The lowest BCUT2D eigenvalue weighted by atomic mass is 10.1. The van der Waals surface area contributed by atoms with Crippen LogP contribution in [0.25, 0.3) is 10.9 Å². The van der Waals surface area contributed by atoms with Crippen molar-refractivity contribution in [2.24, 2.45) is 0 Å². The number of carbonyl (C=O) groups excluding carboxylic acids is 1. The third kappa shape index (κ3) is 2.04. The molecule has 0 aliphatic rings. The van der Waals surface area contributed by atoms with Crippen molar-refractivity contribution in [3.05, 3.63) is 24.4 Å². The smallest absolute Gasteiger partial charge is 0.342 e. The first-order valence-electron chi connectivity index (χ1n) is 4.84. The lowest BCUT2D eigenvalue weighted by Gasteiger charge is -2.15. The van der Waals surface area contributed by atoms with E-state index >= 15 is 0 Å². The summed E-state index contributed by atoms with van der Waals surface area (Å²) in [4.78, 5) is 11.4. The van der Waals surface area contributed by atoms with Crippen LogP contribution in [-0.4, -0.2) is 26.9 Å². The Kier molecular flexibility index (Phi) is 2.40. The van der Waals surface area contributed by atoms with E-state index in [-0.39, 0.29) is 0 Å². The van der Waals surface area contributed by atoms with Gasteiger partial charge in [0, 0.05) is 5.39 Å². The van der Waals surface area contributed by atoms with Crippen LogP contribution in [0.4, 0.5) is 0 Å². The van der Waals surface area contributed by atoms with Crippen molar-refractivity contribution >= 4 is 16.9 Å². The highest BCUT2D eigenvalue weighted by Crippen LogP contribution is 2.20. The molecular weight excluding hydrogens is 208 g/mol. The van der Waals surface area contributed by atoms with Crippen molar-refractivity contribution in [1.82, 2.24) is 10.2 Å². The second kappa shape index (κ2) is 3.61. The Bertz CT molecular complexity index is 525. The van der Waals surface area contributed by atoms with Crippen LogP contribution in [0.2, 0.25) is 0 Å². The van der Waals surface area contributed by atoms with Crippen molar-refractivity contribution in [1.29, 1.82) is 0 Å². The number of rotatable bonds is 2. The lowest BCUT2D eigenvalue weighted by molar-refractivity contribution is -0.151. The van der Waals surface area contributed by atoms with E-state index in [4.69, 9.17) is 4.74 Å². The van der Waals surface area contributed by atoms with Gasteiger partial charge in [0.15, 0.2) is 5.60 Å². The number of nitrogens with zero attached hydrogens (tertiary/aromatic N) is 1. The van der Waals surface area contributed by atoms with Crippen LogP contribution in [0.15, 0.2) is 24.4 Å². The first kappa shape index (κ1) is 10.6. The van der Waals surface area contributed by atoms with E-state index in [0.29, 0.717) is 5.75 Å². The summed E-state index contributed by atoms with van der Waals surface area (Å²) in [6.07, 6.45) is 1.64. The second-order valence-electron chi connectivity index (χ2n) is 4.07. The molecule has 0 fully saturated rings. The van der Waals surface area contributed by atoms with Gasteiger partial charge in [-0.05, 0) is 32.0 Å². The molecule has 2 N–H and O–H groups in total. The molecule has 16 heavy (non-hydrogen) atoms. The lowest BCUT2D eigenvalue weighted by Crippen LogP contribution is -2.35. The zero-order valence-electron chi connectivity index (χ0n) is 9.02. The van der Waals surface area contributed by atoms with Gasteiger partial charge >= 0.3 is 5.97 Å². The van der Waals surface area contributed by atoms with Crippen LogP contribution in [0.3, 0.4) is 0 Å². The maximum Gasteiger partial charge on any atom is 0.342 e. The number of nitrogens with one attached hydrogen (secondary N) is 1. The third-order valence-corrected chi connectivity index (χ3v) is 2.12. The van der Waals surface area contributed by atoms with Crippen molar-refractivity contribution < 1.29 is 14.6 Å². The fraction of sp³-hybridized carbons (Fsp3) is 0.273. The quantitative estimate of drug-likeness (QED) is 0.589. The van der Waals surface area contributed by atoms with Crippen LogP contribution in [0, 0.1) is 0 Å². The van der Waals surface area contributed by atoms with Crippen molar-refractivity contribution in [2.45, 2.75) is 19.4 Å². The number of fused-ring (bicyclic) bond motifs is 1. The van der Waals surface area contributed by atoms with E-state index in [1.165, 1.54) is 13.8 Å². The van der Waals surface area contributed by atoms with Gasteiger partial charge in [-0.1, -0.05) is 0 Å². The number of benzene rings is 1. The van der Waals surface area contributed by atoms with Crippen molar-refractivity contribution in [3.63, 3.8) is 0 Å². The zero-order chi connectivity index (χ0) is 11.8. The molecule has 0 saturated heterocycles. The first-order valence-corrected chi connectivity index (χ1v) is 4.84. The van der Waals surface area contributed by atoms with E-state index < -0.39 is 11.6 Å². The highest BCUT2D eigenvalue weighted by molar-refractivity contribution is 5.83. The maximum atomic E-state index is 11.4. The Balaban J connectivity index is 2.24. The highest BCUT2D eigenvalue weighted by atomic mass is 16.6. The summed E-state index contributed by atoms with van der Waals surface area (Å²) in [5, 5.41) is 16.9. The summed E-state index contributed by atoms with van der Waals surface area (Å²) < 4.78 is 5.03. The van der Waals surface area contributed by atoms with Gasteiger partial charge in [0.2, 0.25) is 0 Å². The van der Waals surface area contributed by atoms with Gasteiger partial charge in [0.1, 0.15) is 5.75 Å². The van der Waals surface area contributed by atoms with Crippen LogP contribution >= 0.6 is 0 Å². The molecule has 0 saturated carbocycles. The van der Waals surface area contributed by atoms with Gasteiger partial charge in [-0.15, -0.1) is 0 Å². The molecule has 2 rings (SSSR count). The Hall–Kier alpha value is -1.88. The number of carbonyl (C=O) groups is 1. The molecule has 1 aromatic carbocycles.